The molecule has 118 valence electrons. The maximum Gasteiger partial charge on any atom is 0.427 e. The highest BCUT2D eigenvalue weighted by atomic mass is 16.6. The van der Waals surface area contributed by atoms with Crippen LogP contribution in [0.4, 0.5) is 9.59 Å². The molecule has 1 saturated heterocycles. The Morgan fingerprint density at radius 3 is 2.50 bits per heavy atom. The average molecular weight is 305 g/mol. The molecule has 1 aromatic carbocycles. The molecule has 0 bridgehead atoms. The molecule has 0 aromatic heterocycles. The molecule has 1 aliphatic heterocycles. The molecule has 0 unspecified atom stereocenters. The van der Waals surface area contributed by atoms with E-state index in [9.17, 15) is 14.4 Å². The van der Waals surface area contributed by atoms with Crippen molar-refractivity contribution in [2.24, 2.45) is 0 Å². The smallest absolute Gasteiger partial charge is 0.427 e. The first-order chi connectivity index (χ1) is 10.3. The second-order valence-corrected chi connectivity index (χ2v) is 6.14. The summed E-state index contributed by atoms with van der Waals surface area (Å²) in [6, 6.07) is 8.72. The molecule has 22 heavy (non-hydrogen) atoms. The van der Waals surface area contributed by atoms with Gasteiger partial charge >= 0.3 is 18.2 Å². The first-order valence-electron chi connectivity index (χ1n) is 7.07. The quantitative estimate of drug-likeness (QED) is 0.620. The van der Waals surface area contributed by atoms with Crippen LogP contribution in [0, 0.1) is 0 Å². The molecular weight excluding hydrogens is 286 g/mol. The van der Waals surface area contributed by atoms with Crippen molar-refractivity contribution in [1.82, 2.24) is 4.90 Å². The van der Waals surface area contributed by atoms with Crippen molar-refractivity contribution in [2.75, 3.05) is 0 Å². The molecule has 2 amide bonds. The van der Waals surface area contributed by atoms with Crippen LogP contribution in [0.15, 0.2) is 30.3 Å². The summed E-state index contributed by atoms with van der Waals surface area (Å²) in [5, 5.41) is 0. The summed E-state index contributed by atoms with van der Waals surface area (Å²) in [6.07, 6.45) is -1.45. The number of amides is 2. The molecule has 1 heterocycles. The zero-order valence-electron chi connectivity index (χ0n) is 12.9. The van der Waals surface area contributed by atoms with Crippen LogP contribution in [0.1, 0.15) is 32.8 Å². The number of carbonyl (C=O) groups excluding carboxylic acids is 3. The van der Waals surface area contributed by atoms with Gasteiger partial charge in [0.25, 0.3) is 0 Å². The normalized spacial score (nSPS) is 18.9. The van der Waals surface area contributed by atoms with Gasteiger partial charge < -0.3 is 9.47 Å². The second kappa shape index (κ2) is 6.17. The molecule has 1 aliphatic rings. The van der Waals surface area contributed by atoms with Crippen LogP contribution >= 0.6 is 0 Å². The summed E-state index contributed by atoms with van der Waals surface area (Å²) in [5.74, 6) is -0.634. The van der Waals surface area contributed by atoms with Gasteiger partial charge in [0.05, 0.1) is 12.5 Å². The lowest BCUT2D eigenvalue weighted by Gasteiger charge is -2.33. The topological polar surface area (TPSA) is 72.9 Å². The number of nitrogens with zero attached hydrogens (tertiary/aromatic N) is 1. The van der Waals surface area contributed by atoms with E-state index in [1.54, 1.807) is 20.8 Å². The molecule has 0 aliphatic carbocycles. The molecule has 6 nitrogen and oxygen atoms in total. The minimum Gasteiger partial charge on any atom is -0.443 e. The van der Waals surface area contributed by atoms with Crippen molar-refractivity contribution in [1.29, 1.82) is 0 Å². The van der Waals surface area contributed by atoms with Crippen LogP contribution in [0.5, 0.6) is 0 Å². The van der Waals surface area contributed by atoms with Gasteiger partial charge in [-0.2, -0.15) is 0 Å². The Morgan fingerprint density at radius 2 is 1.91 bits per heavy atom. The summed E-state index contributed by atoms with van der Waals surface area (Å²) >= 11 is 0. The number of rotatable bonds is 2. The van der Waals surface area contributed by atoms with E-state index in [-0.39, 0.29) is 6.42 Å². The highest BCUT2D eigenvalue weighted by Crippen LogP contribution is 2.22. The van der Waals surface area contributed by atoms with Crippen LogP contribution in [-0.4, -0.2) is 34.7 Å². The fourth-order valence-corrected chi connectivity index (χ4v) is 2.21. The number of benzene rings is 1. The number of hydrogen-bond acceptors (Lipinski definition) is 5. The summed E-state index contributed by atoms with van der Waals surface area (Å²) < 4.78 is 9.78. The van der Waals surface area contributed by atoms with Gasteiger partial charge in [0, 0.05) is 0 Å². The van der Waals surface area contributed by atoms with Crippen molar-refractivity contribution in [2.45, 2.75) is 45.3 Å². The van der Waals surface area contributed by atoms with Gasteiger partial charge in [-0.25, -0.2) is 14.5 Å². The highest BCUT2D eigenvalue weighted by molar-refractivity contribution is 5.96. The zero-order chi connectivity index (χ0) is 16.3. The molecule has 1 aromatic rings. The number of carbonyl (C=O) groups is 3. The van der Waals surface area contributed by atoms with E-state index in [4.69, 9.17) is 4.74 Å². The molecule has 1 fully saturated rings. The molecule has 0 spiro atoms. The van der Waals surface area contributed by atoms with Crippen molar-refractivity contribution >= 4 is 18.2 Å². The van der Waals surface area contributed by atoms with Gasteiger partial charge in [-0.15, -0.1) is 0 Å². The van der Waals surface area contributed by atoms with Gasteiger partial charge in [0.2, 0.25) is 0 Å². The third kappa shape index (κ3) is 4.07. The van der Waals surface area contributed by atoms with Crippen LogP contribution in [-0.2, 0) is 20.7 Å². The lowest BCUT2D eigenvalue weighted by atomic mass is 10.0. The molecule has 0 saturated carbocycles. The third-order valence-corrected chi connectivity index (χ3v) is 3.07. The summed E-state index contributed by atoms with van der Waals surface area (Å²) in [6.45, 7) is 5.12. The van der Waals surface area contributed by atoms with E-state index in [1.807, 2.05) is 30.3 Å². The van der Waals surface area contributed by atoms with Crippen molar-refractivity contribution in [3.8, 4) is 0 Å². The van der Waals surface area contributed by atoms with Crippen molar-refractivity contribution in [3.05, 3.63) is 35.9 Å². The number of hydrogen-bond donors (Lipinski definition) is 0. The van der Waals surface area contributed by atoms with Gasteiger partial charge in [0.1, 0.15) is 5.60 Å². The first-order valence-corrected chi connectivity index (χ1v) is 7.07. The van der Waals surface area contributed by atoms with E-state index >= 15 is 0 Å². The maximum absolute atomic E-state index is 12.2. The Labute approximate surface area is 129 Å². The van der Waals surface area contributed by atoms with E-state index in [1.165, 1.54) is 0 Å². The van der Waals surface area contributed by atoms with Crippen LogP contribution < -0.4 is 0 Å². The van der Waals surface area contributed by atoms with Crippen LogP contribution in [0.25, 0.3) is 0 Å². The Bertz CT molecular complexity index is 576. The average Bonchev–Trinajstić information content (AvgIpc) is 2.36. The van der Waals surface area contributed by atoms with E-state index < -0.39 is 29.8 Å². The summed E-state index contributed by atoms with van der Waals surface area (Å²) in [5.41, 5.74) is 0.180. The molecule has 0 radical (unpaired) electrons. The molecule has 1 atom stereocenters. The molecule has 6 heteroatoms. The minimum atomic E-state index is -0.980. The van der Waals surface area contributed by atoms with E-state index in [0.29, 0.717) is 6.42 Å². The van der Waals surface area contributed by atoms with Crippen LogP contribution in [0.2, 0.25) is 0 Å². The highest BCUT2D eigenvalue weighted by Gasteiger charge is 2.41. The van der Waals surface area contributed by atoms with E-state index in [0.717, 1.165) is 10.5 Å². The molecular formula is C16H19NO5. The van der Waals surface area contributed by atoms with Gasteiger partial charge in [0.15, 0.2) is 0 Å². The third-order valence-electron chi connectivity index (χ3n) is 3.07. The largest absolute Gasteiger partial charge is 0.443 e. The number of ether oxygens (including phenoxy) is 2. The fraction of sp³-hybridized carbons (Fsp3) is 0.438. The van der Waals surface area contributed by atoms with Gasteiger partial charge in [-0.1, -0.05) is 30.3 Å². The first kappa shape index (κ1) is 16.0. The van der Waals surface area contributed by atoms with Crippen LogP contribution in [0.3, 0.4) is 0 Å². The Balaban J connectivity index is 2.20. The summed E-state index contributed by atoms with van der Waals surface area (Å²) in [7, 11) is 0. The standard InChI is InChI=1S/C16H19NO5/c1-16(2,3)22-15(20)17-12(10-13(18)21-14(17)19)9-11-7-5-4-6-8-11/h4-8,12H,9-10H2,1-3H3/t12-/m0/s1. The van der Waals surface area contributed by atoms with Crippen molar-refractivity contribution in [3.63, 3.8) is 0 Å². The maximum atomic E-state index is 12.2. The SMILES string of the molecule is CC(C)(C)OC(=O)N1C(=O)OC(=O)C[C@@H]1Cc1ccccc1. The zero-order valence-corrected chi connectivity index (χ0v) is 12.9. The minimum absolute atomic E-state index is 0.0418. The van der Waals surface area contributed by atoms with Gasteiger partial charge in [-0.05, 0) is 32.8 Å². The Morgan fingerprint density at radius 1 is 1.27 bits per heavy atom. The molecule has 0 N–H and O–H groups in total. The number of cyclic esters (lactones) is 2. The number of esters is 1. The monoisotopic (exact) mass is 305 g/mol. The fourth-order valence-electron chi connectivity index (χ4n) is 2.21. The summed E-state index contributed by atoms with van der Waals surface area (Å²) in [4.78, 5) is 36.5. The van der Waals surface area contributed by atoms with Crippen molar-refractivity contribution < 1.29 is 23.9 Å². The predicted molar refractivity (Wildman–Crippen MR) is 78.1 cm³/mol. The van der Waals surface area contributed by atoms with E-state index in [2.05, 4.69) is 4.74 Å². The second-order valence-electron chi connectivity index (χ2n) is 6.14. The number of imide groups is 1. The lowest BCUT2D eigenvalue weighted by molar-refractivity contribution is -0.143. The Hall–Kier alpha value is -2.37. The Kier molecular flexibility index (Phi) is 4.49. The molecule has 2 rings (SSSR count). The lowest BCUT2D eigenvalue weighted by Crippen LogP contribution is -2.52. The predicted octanol–water partition coefficient (Wildman–Crippen LogP) is 2.90. The van der Waals surface area contributed by atoms with Gasteiger partial charge in [-0.3, -0.25) is 4.79 Å².